The van der Waals surface area contributed by atoms with Gasteiger partial charge in [0, 0.05) is 17.1 Å². The molecule has 0 spiro atoms. The van der Waals surface area contributed by atoms with Crippen LogP contribution in [0.2, 0.25) is 0 Å². The highest BCUT2D eigenvalue weighted by molar-refractivity contribution is 5.89. The summed E-state index contributed by atoms with van der Waals surface area (Å²) in [6.45, 7) is -5.73. The summed E-state index contributed by atoms with van der Waals surface area (Å²) in [7, 11) is 0. The van der Waals surface area contributed by atoms with Crippen molar-refractivity contribution in [2.75, 3.05) is 13.1 Å². The minimum absolute atomic E-state index is 0.0290. The van der Waals surface area contributed by atoms with E-state index in [4.69, 9.17) is 23.1 Å². The number of hydrogen-bond donors (Lipinski definition) is 2. The van der Waals surface area contributed by atoms with Gasteiger partial charge in [-0.15, -0.1) is 0 Å². The smallest absolute Gasteiger partial charge is 0.338 e. The second kappa shape index (κ2) is 10.2. The van der Waals surface area contributed by atoms with E-state index in [1.807, 2.05) is 0 Å². The number of rotatable bonds is 9. The van der Waals surface area contributed by atoms with Crippen LogP contribution in [0.3, 0.4) is 0 Å². The minimum Gasteiger partial charge on any atom is -0.462 e. The van der Waals surface area contributed by atoms with Crippen molar-refractivity contribution in [1.29, 1.82) is 0 Å². The number of aliphatic imine (C=N–C) groups is 1. The molecule has 0 unspecified atom stereocenters. The lowest BCUT2D eigenvalue weighted by atomic mass is 10.2. The van der Waals surface area contributed by atoms with Gasteiger partial charge in [-0.2, -0.15) is 0 Å². The average molecular weight is 326 g/mol. The van der Waals surface area contributed by atoms with Crippen molar-refractivity contribution in [2.45, 2.75) is 32.5 Å². The van der Waals surface area contributed by atoms with Crippen molar-refractivity contribution in [3.05, 3.63) is 29.8 Å². The molecule has 0 atom stereocenters. The van der Waals surface area contributed by atoms with Crippen molar-refractivity contribution in [3.8, 4) is 5.75 Å². The third-order valence-corrected chi connectivity index (χ3v) is 2.80. The van der Waals surface area contributed by atoms with Crippen LogP contribution in [0.15, 0.2) is 29.3 Å². The molecular formula is C16H23N3O4. The fraction of sp³-hybridized carbons (Fsp3) is 0.438. The molecule has 0 aliphatic heterocycles. The SMILES string of the molecule is [2H]C([2H])([2H])C([2H])([2H])OC(=O)c1ccc(OC(=O)CCCCCN=C(N)N)cc1. The van der Waals surface area contributed by atoms with Crippen molar-refractivity contribution in [1.82, 2.24) is 0 Å². The summed E-state index contributed by atoms with van der Waals surface area (Å²) >= 11 is 0. The fourth-order valence-electron chi connectivity index (χ4n) is 1.71. The van der Waals surface area contributed by atoms with E-state index in [9.17, 15) is 9.59 Å². The lowest BCUT2D eigenvalue weighted by Crippen LogP contribution is -2.22. The summed E-state index contributed by atoms with van der Waals surface area (Å²) < 4.78 is 45.2. The van der Waals surface area contributed by atoms with Gasteiger partial charge in [0.15, 0.2) is 5.96 Å². The summed E-state index contributed by atoms with van der Waals surface area (Å²) in [6, 6.07) is 5.15. The van der Waals surface area contributed by atoms with Gasteiger partial charge in [0.05, 0.1) is 14.9 Å². The molecule has 0 amide bonds. The second-order valence-electron chi connectivity index (χ2n) is 4.61. The van der Waals surface area contributed by atoms with E-state index >= 15 is 0 Å². The molecular weight excluding hydrogens is 298 g/mol. The summed E-state index contributed by atoms with van der Waals surface area (Å²) in [5.41, 5.74) is 10.3. The Balaban J connectivity index is 2.47. The molecule has 4 N–H and O–H groups in total. The van der Waals surface area contributed by atoms with Gasteiger partial charge in [0.2, 0.25) is 0 Å². The molecule has 0 saturated carbocycles. The van der Waals surface area contributed by atoms with Crippen LogP contribution < -0.4 is 16.2 Å². The Kier molecular flexibility index (Phi) is 5.29. The minimum atomic E-state index is -3.11. The highest BCUT2D eigenvalue weighted by atomic mass is 16.5. The van der Waals surface area contributed by atoms with E-state index in [0.717, 1.165) is 12.8 Å². The number of carbonyl (C=O) groups is 2. The number of ether oxygens (including phenoxy) is 2. The summed E-state index contributed by atoms with van der Waals surface area (Å²) in [6.07, 6.45) is 2.30. The first-order valence-electron chi connectivity index (χ1n) is 9.52. The van der Waals surface area contributed by atoms with Gasteiger partial charge >= 0.3 is 11.9 Å². The van der Waals surface area contributed by atoms with Crippen molar-refractivity contribution >= 4 is 17.9 Å². The third kappa shape index (κ3) is 7.85. The standard InChI is InChI=1S/C16H23N3O4/c1-2-22-15(21)12-7-9-13(10-8-12)23-14(20)6-4-3-5-11-19-16(17)18/h7-10H,2-6,11H2,1H3,(H4,17,18,19)/i1D3,2D2. The monoisotopic (exact) mass is 326 g/mol. The zero-order valence-electron chi connectivity index (χ0n) is 17.6. The molecule has 0 aliphatic carbocycles. The van der Waals surface area contributed by atoms with E-state index in [0.29, 0.717) is 13.0 Å². The highest BCUT2D eigenvalue weighted by Crippen LogP contribution is 2.14. The highest BCUT2D eigenvalue weighted by Gasteiger charge is 2.08. The van der Waals surface area contributed by atoms with Gasteiger partial charge in [-0.1, -0.05) is 6.42 Å². The first-order valence-corrected chi connectivity index (χ1v) is 7.02. The molecule has 1 aromatic carbocycles. The molecule has 0 aliphatic rings. The lowest BCUT2D eigenvalue weighted by molar-refractivity contribution is -0.134. The first-order chi connectivity index (χ1) is 12.9. The Bertz CT molecular complexity index is 701. The Morgan fingerprint density at radius 3 is 2.61 bits per heavy atom. The zero-order valence-corrected chi connectivity index (χ0v) is 12.6. The number of nitrogens with two attached hydrogens (primary N) is 2. The Labute approximate surface area is 142 Å². The fourth-order valence-corrected chi connectivity index (χ4v) is 1.71. The van der Waals surface area contributed by atoms with Gasteiger partial charge in [-0.05, 0) is 44.0 Å². The van der Waals surface area contributed by atoms with E-state index < -0.39 is 25.3 Å². The van der Waals surface area contributed by atoms with Crippen molar-refractivity contribution < 1.29 is 25.9 Å². The molecule has 7 heteroatoms. The summed E-state index contributed by atoms with van der Waals surface area (Å²) in [5, 5.41) is 0. The molecule has 1 rings (SSSR count). The van der Waals surface area contributed by atoms with Crippen LogP contribution in [0.4, 0.5) is 0 Å². The van der Waals surface area contributed by atoms with Crippen LogP contribution >= 0.6 is 0 Å². The predicted octanol–water partition coefficient (Wildman–Crippen LogP) is 1.60. The normalized spacial score (nSPS) is 14.3. The molecule has 126 valence electrons. The number of unbranched alkanes of at least 4 members (excludes halogenated alkanes) is 2. The molecule has 0 fully saturated rings. The second-order valence-corrected chi connectivity index (χ2v) is 4.61. The third-order valence-electron chi connectivity index (χ3n) is 2.80. The van der Waals surface area contributed by atoms with Crippen LogP contribution in [0, 0.1) is 0 Å². The van der Waals surface area contributed by atoms with Gasteiger partial charge in [0.25, 0.3) is 0 Å². The number of guanidine groups is 1. The average Bonchev–Trinajstić information content (AvgIpc) is 2.57. The lowest BCUT2D eigenvalue weighted by Gasteiger charge is -2.05. The summed E-state index contributed by atoms with van der Waals surface area (Å²) in [5.74, 6) is -1.36. The van der Waals surface area contributed by atoms with Crippen LogP contribution in [-0.2, 0) is 9.53 Å². The molecule has 1 aromatic rings. The maximum atomic E-state index is 11.9. The van der Waals surface area contributed by atoms with Crippen LogP contribution in [0.1, 0.15) is 49.7 Å². The molecule has 0 bridgehead atoms. The van der Waals surface area contributed by atoms with Crippen LogP contribution in [0.25, 0.3) is 0 Å². The predicted molar refractivity (Wildman–Crippen MR) is 87.2 cm³/mol. The first kappa shape index (κ1) is 11.9. The molecule has 0 heterocycles. The van der Waals surface area contributed by atoms with Gasteiger partial charge in [-0.3, -0.25) is 9.79 Å². The maximum Gasteiger partial charge on any atom is 0.338 e. The Morgan fingerprint density at radius 2 is 1.96 bits per heavy atom. The van der Waals surface area contributed by atoms with E-state index in [2.05, 4.69) is 9.73 Å². The number of esters is 2. The largest absolute Gasteiger partial charge is 0.462 e. The Hall–Kier alpha value is -2.57. The number of benzene rings is 1. The van der Waals surface area contributed by atoms with Crippen LogP contribution in [-0.4, -0.2) is 31.0 Å². The molecule has 7 nitrogen and oxygen atoms in total. The quantitative estimate of drug-likeness (QED) is 0.234. The Morgan fingerprint density at radius 1 is 1.22 bits per heavy atom. The molecule has 0 saturated heterocycles. The van der Waals surface area contributed by atoms with Crippen molar-refractivity contribution in [2.24, 2.45) is 16.5 Å². The van der Waals surface area contributed by atoms with E-state index in [1.165, 1.54) is 24.3 Å². The number of hydrogen-bond acceptors (Lipinski definition) is 5. The maximum absolute atomic E-state index is 11.9. The molecule has 0 aromatic heterocycles. The van der Waals surface area contributed by atoms with Gasteiger partial charge < -0.3 is 20.9 Å². The van der Waals surface area contributed by atoms with E-state index in [-0.39, 0.29) is 23.7 Å². The topological polar surface area (TPSA) is 117 Å². The van der Waals surface area contributed by atoms with Gasteiger partial charge in [-0.25, -0.2) is 4.79 Å². The van der Waals surface area contributed by atoms with Crippen LogP contribution in [0.5, 0.6) is 5.75 Å². The van der Waals surface area contributed by atoms with Gasteiger partial charge in [0.1, 0.15) is 5.75 Å². The molecule has 0 radical (unpaired) electrons. The summed E-state index contributed by atoms with van der Waals surface area (Å²) in [4.78, 5) is 27.5. The number of nitrogens with zero attached hydrogens (tertiary/aromatic N) is 1. The van der Waals surface area contributed by atoms with Crippen molar-refractivity contribution in [3.63, 3.8) is 0 Å². The number of carbonyl (C=O) groups excluding carboxylic acids is 2. The zero-order chi connectivity index (χ0) is 21.4. The molecule has 23 heavy (non-hydrogen) atoms. The van der Waals surface area contributed by atoms with E-state index in [1.54, 1.807) is 0 Å².